The highest BCUT2D eigenvalue weighted by Crippen LogP contribution is 2.30. The van der Waals surface area contributed by atoms with Gasteiger partial charge in [-0.05, 0) is 36.1 Å². The number of benzene rings is 2. The average Bonchev–Trinajstić information content (AvgIpc) is 3.35. The van der Waals surface area contributed by atoms with Crippen molar-refractivity contribution in [3.63, 3.8) is 0 Å². The molecular formula is C28H34F3N3O2. The van der Waals surface area contributed by atoms with E-state index >= 15 is 0 Å². The molecule has 0 spiro atoms. The molecule has 1 heterocycles. The predicted octanol–water partition coefficient (Wildman–Crippen LogP) is 8.06. The zero-order chi connectivity index (χ0) is 25.8. The van der Waals surface area contributed by atoms with Crippen LogP contribution in [-0.4, -0.2) is 10.1 Å². The molecule has 3 rings (SSSR count). The van der Waals surface area contributed by atoms with Gasteiger partial charge in [0, 0.05) is 12.0 Å². The summed E-state index contributed by atoms with van der Waals surface area (Å²) < 4.78 is 43.7. The number of nitrogens with zero attached hydrogens (tertiary/aromatic N) is 3. The molecule has 2 aromatic carbocycles. The first kappa shape index (κ1) is 27.9. The second-order valence-corrected chi connectivity index (χ2v) is 9.23. The summed E-state index contributed by atoms with van der Waals surface area (Å²) in [7, 11) is 0. The average molecular weight is 502 g/mol. The van der Waals surface area contributed by atoms with E-state index in [1.165, 1.54) is 57.1 Å². The first-order chi connectivity index (χ1) is 17.4. The molecule has 36 heavy (non-hydrogen) atoms. The van der Waals surface area contributed by atoms with Crippen LogP contribution in [0.2, 0.25) is 0 Å². The number of hydroxylamine groups is 1. The van der Waals surface area contributed by atoms with E-state index in [2.05, 4.69) is 22.5 Å². The van der Waals surface area contributed by atoms with Crippen molar-refractivity contribution in [2.24, 2.45) is 0 Å². The molecule has 0 bridgehead atoms. The van der Waals surface area contributed by atoms with Crippen molar-refractivity contribution in [3.8, 4) is 11.4 Å². The van der Waals surface area contributed by atoms with Crippen LogP contribution in [0.4, 0.5) is 13.2 Å². The summed E-state index contributed by atoms with van der Waals surface area (Å²) >= 11 is 0. The van der Waals surface area contributed by atoms with Gasteiger partial charge in [0.15, 0.2) is 0 Å². The third kappa shape index (κ3) is 8.75. The number of aryl methyl sites for hydroxylation is 1. The monoisotopic (exact) mass is 501 g/mol. The quantitative estimate of drug-likeness (QED) is 0.156. The Bertz CT molecular complexity index is 1020. The fraction of sp³-hybridized carbons (Fsp3) is 0.500. The summed E-state index contributed by atoms with van der Waals surface area (Å²) in [5.41, 5.74) is 4.51. The van der Waals surface area contributed by atoms with Crippen molar-refractivity contribution >= 4 is 0 Å². The largest absolute Gasteiger partial charge is 0.416 e. The van der Waals surface area contributed by atoms with E-state index < -0.39 is 17.8 Å². The highest BCUT2D eigenvalue weighted by Gasteiger charge is 2.30. The van der Waals surface area contributed by atoms with E-state index in [0.717, 1.165) is 37.0 Å². The number of hydrogen-bond donors (Lipinski definition) is 0. The highest BCUT2D eigenvalue weighted by atomic mass is 19.4. The van der Waals surface area contributed by atoms with Gasteiger partial charge in [-0.2, -0.15) is 18.2 Å². The van der Waals surface area contributed by atoms with Crippen molar-refractivity contribution < 1.29 is 22.9 Å². The van der Waals surface area contributed by atoms with E-state index in [-0.39, 0.29) is 6.42 Å². The van der Waals surface area contributed by atoms with Gasteiger partial charge in [0.1, 0.15) is 0 Å². The van der Waals surface area contributed by atoms with E-state index in [0.29, 0.717) is 22.8 Å². The standard InChI is InChI=1S/C28H34F3N3O2/c1-2-3-4-5-6-7-8-9-10-11-26-32-27(34-36-26)23-16-14-22(15-17-23)25(33-35)20-21-12-18-24(19-13-21)28(29,30)31/h12-19,25H,2-11,20H2,1H3. The first-order valence-corrected chi connectivity index (χ1v) is 12.8. The predicted molar refractivity (Wildman–Crippen MR) is 131 cm³/mol. The van der Waals surface area contributed by atoms with Crippen LogP contribution in [0.25, 0.3) is 11.4 Å². The maximum absolute atomic E-state index is 12.8. The zero-order valence-electron chi connectivity index (χ0n) is 20.8. The summed E-state index contributed by atoms with van der Waals surface area (Å²) in [4.78, 5) is 4.48. The Hall–Kier alpha value is -2.71. The number of aromatic nitrogens is 2. The summed E-state index contributed by atoms with van der Waals surface area (Å²) in [5.74, 6) is 1.11. The Balaban J connectivity index is 1.47. The smallest absolute Gasteiger partial charge is 0.339 e. The van der Waals surface area contributed by atoms with E-state index in [1.807, 2.05) is 0 Å². The molecule has 8 heteroatoms. The summed E-state index contributed by atoms with van der Waals surface area (Å²) in [6.45, 7) is 2.23. The van der Waals surface area contributed by atoms with Crippen LogP contribution in [0.5, 0.6) is 0 Å². The number of halogens is 3. The zero-order valence-corrected chi connectivity index (χ0v) is 20.8. The molecule has 5 nitrogen and oxygen atoms in total. The van der Waals surface area contributed by atoms with Gasteiger partial charge in [0.25, 0.3) is 0 Å². The lowest BCUT2D eigenvalue weighted by molar-refractivity contribution is -0.137. The number of rotatable bonds is 15. The highest BCUT2D eigenvalue weighted by molar-refractivity contribution is 5.54. The maximum atomic E-state index is 12.8. The molecular weight excluding hydrogens is 467 g/mol. The molecule has 1 unspecified atom stereocenters. The van der Waals surface area contributed by atoms with E-state index in [9.17, 15) is 18.4 Å². The first-order valence-electron chi connectivity index (χ1n) is 12.8. The van der Waals surface area contributed by atoms with Gasteiger partial charge < -0.3 is 4.52 Å². The van der Waals surface area contributed by atoms with Gasteiger partial charge in [-0.25, -0.2) is 0 Å². The molecule has 0 aliphatic heterocycles. The van der Waals surface area contributed by atoms with Crippen LogP contribution in [-0.2, 0) is 24.2 Å². The lowest BCUT2D eigenvalue weighted by Gasteiger charge is -2.14. The van der Waals surface area contributed by atoms with Crippen LogP contribution in [0.1, 0.15) is 93.3 Å². The molecule has 0 aliphatic rings. The van der Waals surface area contributed by atoms with Crippen LogP contribution in [0, 0.1) is 0 Å². The fourth-order valence-corrected chi connectivity index (χ4v) is 4.18. The van der Waals surface area contributed by atoms with Crippen LogP contribution < -0.4 is 5.48 Å². The second kappa shape index (κ2) is 14.1. The fourth-order valence-electron chi connectivity index (χ4n) is 4.18. The van der Waals surface area contributed by atoms with Crippen molar-refractivity contribution in [1.82, 2.24) is 15.6 Å². The van der Waals surface area contributed by atoms with Crippen LogP contribution >= 0.6 is 0 Å². The molecule has 0 aliphatic carbocycles. The van der Waals surface area contributed by atoms with Gasteiger partial charge in [-0.15, -0.1) is 5.21 Å². The SMILES string of the molecule is CCCCCCCCCCCc1nc(-c2ccc(C(Cc3ccc(C(F)(F)F)cc3)[N][O])cc2)no1. The Morgan fingerprint density at radius 2 is 1.47 bits per heavy atom. The maximum Gasteiger partial charge on any atom is 0.416 e. The number of unbranched alkanes of at least 4 members (excludes halogenated alkanes) is 8. The van der Waals surface area contributed by atoms with Crippen LogP contribution in [0.15, 0.2) is 53.1 Å². The third-order valence-corrected chi connectivity index (χ3v) is 6.35. The number of hydrogen-bond acceptors (Lipinski definition) is 3. The molecule has 1 aromatic heterocycles. The van der Waals surface area contributed by atoms with E-state index in [4.69, 9.17) is 4.52 Å². The third-order valence-electron chi connectivity index (χ3n) is 6.35. The van der Waals surface area contributed by atoms with Crippen LogP contribution in [0.3, 0.4) is 0 Å². The van der Waals surface area contributed by atoms with Gasteiger partial charge in [-0.3, -0.25) is 0 Å². The summed E-state index contributed by atoms with van der Waals surface area (Å²) in [5, 5.41) is 15.5. The van der Waals surface area contributed by atoms with E-state index in [1.54, 1.807) is 24.3 Å². The lowest BCUT2D eigenvalue weighted by atomic mass is 9.97. The molecule has 0 saturated carbocycles. The molecule has 2 radical (unpaired) electrons. The van der Waals surface area contributed by atoms with Crippen molar-refractivity contribution in [1.29, 1.82) is 0 Å². The summed E-state index contributed by atoms with van der Waals surface area (Å²) in [6, 6.07) is 11.2. The Labute approximate surface area is 211 Å². The van der Waals surface area contributed by atoms with Gasteiger partial charge in [0.2, 0.25) is 11.7 Å². The van der Waals surface area contributed by atoms with Gasteiger partial charge in [-0.1, -0.05) is 105 Å². The molecule has 0 saturated heterocycles. The Morgan fingerprint density at radius 1 is 0.861 bits per heavy atom. The van der Waals surface area contributed by atoms with Crippen molar-refractivity contribution in [3.05, 3.63) is 71.1 Å². The second-order valence-electron chi connectivity index (χ2n) is 9.23. The Morgan fingerprint density at radius 3 is 2.06 bits per heavy atom. The van der Waals surface area contributed by atoms with Crippen molar-refractivity contribution in [2.45, 2.75) is 89.8 Å². The lowest BCUT2D eigenvalue weighted by Crippen LogP contribution is -2.12. The van der Waals surface area contributed by atoms with Gasteiger partial charge >= 0.3 is 6.18 Å². The summed E-state index contributed by atoms with van der Waals surface area (Å²) in [6.07, 6.45) is 7.85. The molecule has 194 valence electrons. The molecule has 1 atom stereocenters. The minimum Gasteiger partial charge on any atom is -0.339 e. The Kier molecular flexibility index (Phi) is 10.9. The van der Waals surface area contributed by atoms with Gasteiger partial charge in [0.05, 0.1) is 11.6 Å². The molecule has 0 amide bonds. The molecule has 3 aromatic rings. The normalized spacial score (nSPS) is 12.7. The minimum absolute atomic E-state index is 0.214. The molecule has 0 fully saturated rings. The van der Waals surface area contributed by atoms with Crippen molar-refractivity contribution in [2.75, 3.05) is 0 Å². The minimum atomic E-state index is -4.39. The molecule has 0 N–H and O–H groups in total. The number of alkyl halides is 3. The topological polar surface area (TPSA) is 72.9 Å².